The molecule has 0 spiro atoms. The van der Waals surface area contributed by atoms with E-state index in [1.54, 1.807) is 0 Å². The monoisotopic (exact) mass is 704 g/mol. The van der Waals surface area contributed by atoms with Gasteiger partial charge in [0.05, 0.1) is 16.8 Å². The minimum Gasteiger partial charge on any atom is -0.449 e. The first kappa shape index (κ1) is 31.2. The maximum absolute atomic E-state index is 6.91. The van der Waals surface area contributed by atoms with Crippen LogP contribution < -0.4 is 9.47 Å². The summed E-state index contributed by atoms with van der Waals surface area (Å²) < 4.78 is 13.7. The van der Waals surface area contributed by atoms with Gasteiger partial charge in [-0.15, -0.1) is 0 Å². The number of hydrogen-bond acceptors (Lipinski definition) is 4. The SMILES string of the molecule is c1ccc(-c2nc(-c3ccc4c(c3)Oc3ccc5c(c3O4)-c3ccccc3C5(c3ccccc3)c3ccccc3)cc(-c3cccc4ccccc34)n2)cc1. The lowest BCUT2D eigenvalue weighted by atomic mass is 9.68. The third-order valence-corrected chi connectivity index (χ3v) is 11.0. The highest BCUT2D eigenvalue weighted by Gasteiger charge is 2.48. The zero-order valence-corrected chi connectivity index (χ0v) is 29.7. The van der Waals surface area contributed by atoms with Crippen molar-refractivity contribution >= 4 is 10.8 Å². The van der Waals surface area contributed by atoms with Crippen molar-refractivity contribution in [2.24, 2.45) is 0 Å². The predicted octanol–water partition coefficient (Wildman–Crippen LogP) is 12.9. The van der Waals surface area contributed by atoms with Crippen LogP contribution in [0.15, 0.2) is 194 Å². The Kier molecular flexibility index (Phi) is 7.04. The zero-order valence-electron chi connectivity index (χ0n) is 29.7. The second-order valence-electron chi connectivity index (χ2n) is 14.1. The van der Waals surface area contributed by atoms with Crippen LogP contribution in [-0.4, -0.2) is 9.97 Å². The van der Waals surface area contributed by atoms with E-state index in [1.807, 2.05) is 42.5 Å². The molecule has 9 aromatic rings. The van der Waals surface area contributed by atoms with Gasteiger partial charge >= 0.3 is 0 Å². The van der Waals surface area contributed by atoms with Crippen LogP contribution in [0, 0.1) is 0 Å². The largest absolute Gasteiger partial charge is 0.449 e. The molecule has 1 aliphatic heterocycles. The molecular formula is C51H32N2O2. The topological polar surface area (TPSA) is 44.2 Å². The molecule has 1 aromatic heterocycles. The molecule has 0 radical (unpaired) electrons. The second-order valence-corrected chi connectivity index (χ2v) is 14.1. The first-order valence-electron chi connectivity index (χ1n) is 18.6. The van der Waals surface area contributed by atoms with Crippen molar-refractivity contribution in [3.8, 4) is 68.0 Å². The van der Waals surface area contributed by atoms with Gasteiger partial charge in [-0.3, -0.25) is 0 Å². The fourth-order valence-corrected chi connectivity index (χ4v) is 8.62. The van der Waals surface area contributed by atoms with Crippen molar-refractivity contribution in [3.63, 3.8) is 0 Å². The molecule has 4 heteroatoms. The summed E-state index contributed by atoms with van der Waals surface area (Å²) in [6, 6.07) is 67.6. The molecule has 2 heterocycles. The number of aromatic nitrogens is 2. The van der Waals surface area contributed by atoms with Gasteiger partial charge in [0.15, 0.2) is 28.8 Å². The van der Waals surface area contributed by atoms with Gasteiger partial charge in [-0.05, 0) is 68.9 Å². The number of benzene rings is 8. The summed E-state index contributed by atoms with van der Waals surface area (Å²) in [4.78, 5) is 10.2. The van der Waals surface area contributed by atoms with Crippen LogP contribution in [0.1, 0.15) is 22.3 Å². The van der Waals surface area contributed by atoms with Crippen LogP contribution in [0.25, 0.3) is 55.8 Å². The molecule has 55 heavy (non-hydrogen) atoms. The number of nitrogens with zero attached hydrogens (tertiary/aromatic N) is 2. The van der Waals surface area contributed by atoms with E-state index in [4.69, 9.17) is 19.4 Å². The molecule has 0 saturated carbocycles. The van der Waals surface area contributed by atoms with Gasteiger partial charge < -0.3 is 9.47 Å². The molecule has 8 aromatic carbocycles. The van der Waals surface area contributed by atoms with Crippen molar-refractivity contribution < 1.29 is 9.47 Å². The Morgan fingerprint density at radius 3 is 1.84 bits per heavy atom. The smallest absolute Gasteiger partial charge is 0.178 e. The first-order chi connectivity index (χ1) is 27.3. The average molecular weight is 705 g/mol. The van der Waals surface area contributed by atoms with E-state index in [9.17, 15) is 0 Å². The summed E-state index contributed by atoms with van der Waals surface area (Å²) in [7, 11) is 0. The lowest BCUT2D eigenvalue weighted by Crippen LogP contribution is -2.28. The molecule has 1 aliphatic carbocycles. The maximum atomic E-state index is 6.91. The predicted molar refractivity (Wildman–Crippen MR) is 220 cm³/mol. The van der Waals surface area contributed by atoms with Gasteiger partial charge in [-0.1, -0.05) is 164 Å². The molecule has 0 fully saturated rings. The number of rotatable bonds is 5. The fraction of sp³-hybridized carbons (Fsp3) is 0.0196. The van der Waals surface area contributed by atoms with Gasteiger partial charge in [0, 0.05) is 22.3 Å². The van der Waals surface area contributed by atoms with E-state index >= 15 is 0 Å². The molecule has 2 aliphatic rings. The number of fused-ring (bicyclic) bond motifs is 7. The number of ether oxygens (including phenoxy) is 2. The Morgan fingerprint density at radius 1 is 0.400 bits per heavy atom. The third kappa shape index (κ3) is 4.85. The van der Waals surface area contributed by atoms with E-state index in [0.717, 1.165) is 50.3 Å². The Hall–Kier alpha value is -7.30. The molecule has 0 N–H and O–H groups in total. The van der Waals surface area contributed by atoms with Crippen LogP contribution >= 0.6 is 0 Å². The van der Waals surface area contributed by atoms with Crippen LogP contribution in [0.5, 0.6) is 23.0 Å². The van der Waals surface area contributed by atoms with Crippen molar-refractivity contribution in [3.05, 3.63) is 216 Å². The maximum Gasteiger partial charge on any atom is 0.178 e. The number of hydrogen-bond donors (Lipinski definition) is 0. The molecule has 4 nitrogen and oxygen atoms in total. The Labute approximate surface area is 319 Å². The minimum absolute atomic E-state index is 0.526. The van der Waals surface area contributed by atoms with Crippen LogP contribution in [0.4, 0.5) is 0 Å². The zero-order chi connectivity index (χ0) is 36.3. The van der Waals surface area contributed by atoms with Crippen LogP contribution in [0.3, 0.4) is 0 Å². The summed E-state index contributed by atoms with van der Waals surface area (Å²) in [6.45, 7) is 0. The molecule has 0 atom stereocenters. The molecule has 0 unspecified atom stereocenters. The van der Waals surface area contributed by atoms with Crippen molar-refractivity contribution in [2.75, 3.05) is 0 Å². The molecule has 0 amide bonds. The lowest BCUT2D eigenvalue weighted by molar-refractivity contribution is 0.360. The standard InChI is InChI=1S/C51H32N2O2/c1-4-16-34(17-5-1)50-52-43(32-44(53-50)39-25-14-18-33-15-10-11-23-38(33)39)35-27-29-45-47(31-35)54-46-30-28-42-48(49(46)55-45)40-24-12-13-26-41(40)51(42,36-19-6-2-7-20-36)37-21-8-3-9-22-37/h1-32H. The Morgan fingerprint density at radius 2 is 1.04 bits per heavy atom. The van der Waals surface area contributed by atoms with Crippen molar-refractivity contribution in [1.29, 1.82) is 0 Å². The highest BCUT2D eigenvalue weighted by molar-refractivity contribution is 5.97. The quantitative estimate of drug-likeness (QED) is 0.179. The fourth-order valence-electron chi connectivity index (χ4n) is 8.62. The van der Waals surface area contributed by atoms with Crippen molar-refractivity contribution in [2.45, 2.75) is 5.41 Å². The van der Waals surface area contributed by atoms with Gasteiger partial charge in [0.2, 0.25) is 0 Å². The summed E-state index contributed by atoms with van der Waals surface area (Å²) in [5, 5.41) is 2.31. The van der Waals surface area contributed by atoms with E-state index in [0.29, 0.717) is 23.1 Å². The summed E-state index contributed by atoms with van der Waals surface area (Å²) in [5.41, 5.74) is 11.0. The van der Waals surface area contributed by atoms with Gasteiger partial charge in [-0.25, -0.2) is 9.97 Å². The van der Waals surface area contributed by atoms with E-state index in [-0.39, 0.29) is 0 Å². The van der Waals surface area contributed by atoms with Crippen LogP contribution in [-0.2, 0) is 5.41 Å². The highest BCUT2D eigenvalue weighted by Crippen LogP contribution is 2.62. The molecule has 258 valence electrons. The third-order valence-electron chi connectivity index (χ3n) is 11.0. The highest BCUT2D eigenvalue weighted by atomic mass is 16.6. The first-order valence-corrected chi connectivity index (χ1v) is 18.6. The summed E-state index contributed by atoms with van der Waals surface area (Å²) >= 11 is 0. The molecule has 0 bridgehead atoms. The van der Waals surface area contributed by atoms with Crippen LogP contribution in [0.2, 0.25) is 0 Å². The normalized spacial score (nSPS) is 13.2. The van der Waals surface area contributed by atoms with Gasteiger partial charge in [0.1, 0.15) is 0 Å². The average Bonchev–Trinajstić information content (AvgIpc) is 3.57. The van der Waals surface area contributed by atoms with E-state index in [1.165, 1.54) is 27.6 Å². The summed E-state index contributed by atoms with van der Waals surface area (Å²) in [6.07, 6.45) is 0. The lowest BCUT2D eigenvalue weighted by Gasteiger charge is -2.34. The van der Waals surface area contributed by atoms with E-state index < -0.39 is 5.41 Å². The molecule has 11 rings (SSSR count). The second kappa shape index (κ2) is 12.4. The summed E-state index contributed by atoms with van der Waals surface area (Å²) in [5.74, 6) is 3.37. The molecular weight excluding hydrogens is 673 g/mol. The van der Waals surface area contributed by atoms with Gasteiger partial charge in [-0.2, -0.15) is 0 Å². The van der Waals surface area contributed by atoms with Crippen molar-refractivity contribution in [1.82, 2.24) is 9.97 Å². The Bertz CT molecular complexity index is 2880. The van der Waals surface area contributed by atoms with Gasteiger partial charge in [0.25, 0.3) is 0 Å². The Balaban J connectivity index is 1.05. The molecule has 0 saturated heterocycles. The van der Waals surface area contributed by atoms with E-state index in [2.05, 4.69) is 152 Å². The minimum atomic E-state index is -0.526.